The van der Waals surface area contributed by atoms with Gasteiger partial charge in [-0.25, -0.2) is 0 Å². The molecule has 1 aromatic rings. The predicted octanol–water partition coefficient (Wildman–Crippen LogP) is 5.93. The van der Waals surface area contributed by atoms with E-state index in [1.807, 2.05) is 0 Å². The van der Waals surface area contributed by atoms with Crippen LogP contribution in [0.3, 0.4) is 0 Å². The smallest absolute Gasteiger partial charge is 0.0396 e. The summed E-state index contributed by atoms with van der Waals surface area (Å²) in [5.74, 6) is 1.54. The second-order valence-electron chi connectivity index (χ2n) is 7.26. The Bertz CT molecular complexity index is 515. The Morgan fingerprint density at radius 2 is 2.14 bits per heavy atom. The fourth-order valence-electron chi connectivity index (χ4n) is 3.47. The molecule has 0 amide bonds. The Balaban J connectivity index is 2.27. The molecule has 0 spiro atoms. The number of rotatable bonds is 6. The van der Waals surface area contributed by atoms with Crippen LogP contribution in [0.2, 0.25) is 0 Å². The first kappa shape index (κ1) is 17.1. The van der Waals surface area contributed by atoms with E-state index in [2.05, 4.69) is 63.9 Å². The molecule has 2 rings (SSSR count). The minimum atomic E-state index is 0.756. The monoisotopic (exact) mass is 299 g/mol. The maximum Gasteiger partial charge on any atom is 0.0396 e. The van der Waals surface area contributed by atoms with Gasteiger partial charge in [0.2, 0.25) is 0 Å². The van der Waals surface area contributed by atoms with Crippen molar-refractivity contribution in [3.05, 3.63) is 35.4 Å². The maximum atomic E-state index is 2.50. The van der Waals surface area contributed by atoms with Gasteiger partial charge in [0.05, 0.1) is 0 Å². The van der Waals surface area contributed by atoms with Crippen LogP contribution in [0.5, 0.6) is 0 Å². The standard InChI is InChI=1S/C21H33N/c1-6-8-18(10-9-16(3)7-2)19-11-12-21-20(14-19)13-17(4)15-22(21)5/h10-12,14,16-17H,6-9,13,15H2,1-5H3/b18-10+/t16?,17-/m1/s1. The Kier molecular flexibility index (Phi) is 6.11. The molecule has 0 N–H and O–H groups in total. The maximum absolute atomic E-state index is 2.50. The molecular weight excluding hydrogens is 266 g/mol. The average molecular weight is 300 g/mol. The van der Waals surface area contributed by atoms with Crippen LogP contribution in [-0.2, 0) is 6.42 Å². The van der Waals surface area contributed by atoms with E-state index in [0.29, 0.717) is 0 Å². The third-order valence-electron chi connectivity index (χ3n) is 5.00. The molecule has 1 aromatic carbocycles. The molecule has 1 heteroatoms. The molecule has 0 fully saturated rings. The van der Waals surface area contributed by atoms with Crippen molar-refractivity contribution in [1.29, 1.82) is 0 Å². The van der Waals surface area contributed by atoms with Crippen molar-refractivity contribution in [2.45, 2.75) is 59.8 Å². The topological polar surface area (TPSA) is 3.24 Å². The molecule has 0 radical (unpaired) electrons. The van der Waals surface area contributed by atoms with Crippen molar-refractivity contribution in [2.75, 3.05) is 18.5 Å². The fraction of sp³-hybridized carbons (Fsp3) is 0.619. The minimum Gasteiger partial charge on any atom is -0.374 e. The Labute approximate surface area is 137 Å². The second kappa shape index (κ2) is 7.85. The molecule has 1 aliphatic heterocycles. The van der Waals surface area contributed by atoms with Crippen molar-refractivity contribution in [1.82, 2.24) is 0 Å². The number of hydrogen-bond acceptors (Lipinski definition) is 1. The van der Waals surface area contributed by atoms with Gasteiger partial charge in [-0.15, -0.1) is 0 Å². The molecule has 0 aromatic heterocycles. The predicted molar refractivity (Wildman–Crippen MR) is 99.5 cm³/mol. The molecule has 0 saturated carbocycles. The quantitative estimate of drug-likeness (QED) is 0.629. The van der Waals surface area contributed by atoms with Crippen molar-refractivity contribution in [3.8, 4) is 0 Å². The normalized spacial score (nSPS) is 20.0. The first-order chi connectivity index (χ1) is 10.5. The third kappa shape index (κ3) is 4.15. The highest BCUT2D eigenvalue weighted by atomic mass is 15.1. The van der Waals surface area contributed by atoms with E-state index in [1.165, 1.54) is 55.5 Å². The van der Waals surface area contributed by atoms with Crippen molar-refractivity contribution < 1.29 is 0 Å². The molecule has 0 aliphatic carbocycles. The van der Waals surface area contributed by atoms with E-state index in [1.54, 1.807) is 5.57 Å². The van der Waals surface area contributed by atoms with Crippen LogP contribution in [0.1, 0.15) is 64.5 Å². The van der Waals surface area contributed by atoms with Crippen LogP contribution < -0.4 is 4.90 Å². The highest BCUT2D eigenvalue weighted by molar-refractivity contribution is 5.70. The summed E-state index contributed by atoms with van der Waals surface area (Å²) in [6.07, 6.45) is 8.61. The summed E-state index contributed by atoms with van der Waals surface area (Å²) < 4.78 is 0. The number of nitrogens with zero attached hydrogens (tertiary/aromatic N) is 1. The Hall–Kier alpha value is -1.24. The van der Waals surface area contributed by atoms with Gasteiger partial charge in [-0.1, -0.05) is 52.7 Å². The Morgan fingerprint density at radius 3 is 2.82 bits per heavy atom. The summed E-state index contributed by atoms with van der Waals surface area (Å²) in [5, 5.41) is 0. The van der Waals surface area contributed by atoms with Gasteiger partial charge in [0.1, 0.15) is 0 Å². The summed E-state index contributed by atoms with van der Waals surface area (Å²) >= 11 is 0. The van der Waals surface area contributed by atoms with Gasteiger partial charge in [0.25, 0.3) is 0 Å². The van der Waals surface area contributed by atoms with Gasteiger partial charge in [0, 0.05) is 19.3 Å². The number of fused-ring (bicyclic) bond motifs is 1. The lowest BCUT2D eigenvalue weighted by molar-refractivity contribution is 0.551. The molecule has 22 heavy (non-hydrogen) atoms. The molecule has 0 saturated heterocycles. The van der Waals surface area contributed by atoms with Gasteiger partial charge in [-0.3, -0.25) is 0 Å². The van der Waals surface area contributed by atoms with Gasteiger partial charge >= 0.3 is 0 Å². The summed E-state index contributed by atoms with van der Waals surface area (Å²) in [5.41, 5.74) is 5.96. The van der Waals surface area contributed by atoms with Crippen LogP contribution >= 0.6 is 0 Å². The SMILES string of the molecule is CCC/C(=C\CC(C)CC)c1ccc2c(c1)C[C@@H](C)CN2C. The lowest BCUT2D eigenvalue weighted by Gasteiger charge is -2.32. The highest BCUT2D eigenvalue weighted by Gasteiger charge is 2.19. The first-order valence-corrected chi connectivity index (χ1v) is 9.08. The lowest BCUT2D eigenvalue weighted by Crippen LogP contribution is -2.30. The number of benzene rings is 1. The first-order valence-electron chi connectivity index (χ1n) is 9.08. The molecule has 2 atom stereocenters. The molecule has 0 bridgehead atoms. The van der Waals surface area contributed by atoms with Crippen LogP contribution in [-0.4, -0.2) is 13.6 Å². The number of hydrogen-bond donors (Lipinski definition) is 0. The van der Waals surface area contributed by atoms with E-state index >= 15 is 0 Å². The molecule has 1 aliphatic rings. The van der Waals surface area contributed by atoms with Crippen molar-refractivity contribution in [3.63, 3.8) is 0 Å². The van der Waals surface area contributed by atoms with E-state index in [-0.39, 0.29) is 0 Å². The van der Waals surface area contributed by atoms with Gasteiger partial charge in [-0.05, 0) is 59.9 Å². The molecular formula is C21H33N. The minimum absolute atomic E-state index is 0.756. The molecule has 1 unspecified atom stereocenters. The number of anilines is 1. The molecule has 1 nitrogen and oxygen atoms in total. The zero-order chi connectivity index (χ0) is 16.1. The lowest BCUT2D eigenvalue weighted by atomic mass is 9.90. The Morgan fingerprint density at radius 1 is 1.36 bits per heavy atom. The van der Waals surface area contributed by atoms with Crippen molar-refractivity contribution in [2.24, 2.45) is 11.8 Å². The van der Waals surface area contributed by atoms with E-state index in [0.717, 1.165) is 11.8 Å². The van der Waals surface area contributed by atoms with Crippen LogP contribution in [0.15, 0.2) is 24.3 Å². The summed E-state index contributed by atoms with van der Waals surface area (Å²) in [4.78, 5) is 2.41. The fourth-order valence-corrected chi connectivity index (χ4v) is 3.47. The summed E-state index contributed by atoms with van der Waals surface area (Å²) in [6.45, 7) is 10.5. The molecule has 1 heterocycles. The third-order valence-corrected chi connectivity index (χ3v) is 5.00. The summed E-state index contributed by atoms with van der Waals surface area (Å²) in [7, 11) is 2.22. The van der Waals surface area contributed by atoms with E-state index in [4.69, 9.17) is 0 Å². The van der Waals surface area contributed by atoms with E-state index < -0.39 is 0 Å². The second-order valence-corrected chi connectivity index (χ2v) is 7.26. The van der Waals surface area contributed by atoms with Gasteiger partial charge in [-0.2, -0.15) is 0 Å². The molecule has 122 valence electrons. The number of allylic oxidation sites excluding steroid dienone is 2. The van der Waals surface area contributed by atoms with Crippen LogP contribution in [0.25, 0.3) is 5.57 Å². The zero-order valence-electron chi connectivity index (χ0n) is 15.2. The zero-order valence-corrected chi connectivity index (χ0v) is 15.2. The van der Waals surface area contributed by atoms with Gasteiger partial charge in [0.15, 0.2) is 0 Å². The summed E-state index contributed by atoms with van der Waals surface area (Å²) in [6, 6.07) is 7.13. The van der Waals surface area contributed by atoms with Crippen molar-refractivity contribution >= 4 is 11.3 Å². The largest absolute Gasteiger partial charge is 0.374 e. The van der Waals surface area contributed by atoms with Gasteiger partial charge < -0.3 is 4.90 Å². The van der Waals surface area contributed by atoms with E-state index in [9.17, 15) is 0 Å². The van der Waals surface area contributed by atoms with Crippen LogP contribution in [0.4, 0.5) is 5.69 Å². The van der Waals surface area contributed by atoms with Crippen LogP contribution in [0, 0.1) is 11.8 Å². The average Bonchev–Trinajstić information content (AvgIpc) is 2.50. The highest BCUT2D eigenvalue weighted by Crippen LogP contribution is 2.32.